The quantitative estimate of drug-likeness (QED) is 0.743. The molecule has 0 aliphatic carbocycles. The summed E-state index contributed by atoms with van der Waals surface area (Å²) in [5, 5.41) is 6.97. The van der Waals surface area contributed by atoms with Crippen LogP contribution in [0.2, 0.25) is 0 Å². The fourth-order valence-corrected chi connectivity index (χ4v) is 3.05. The van der Waals surface area contributed by atoms with Gasteiger partial charge < -0.3 is 15.0 Å². The van der Waals surface area contributed by atoms with Crippen molar-refractivity contribution in [1.82, 2.24) is 20.0 Å². The third kappa shape index (κ3) is 4.03. The molecule has 1 aromatic heterocycles. The summed E-state index contributed by atoms with van der Waals surface area (Å²) in [6.45, 7) is 1.15. The number of carbonyl (C=O) groups excluding carboxylic acids is 2. The van der Waals surface area contributed by atoms with Crippen LogP contribution in [0, 0.1) is 0 Å². The molecule has 7 nitrogen and oxygen atoms in total. The zero-order valence-electron chi connectivity index (χ0n) is 15.2. The van der Waals surface area contributed by atoms with Gasteiger partial charge in [0.25, 0.3) is 5.91 Å². The highest BCUT2D eigenvalue weighted by molar-refractivity contribution is 5.95. The van der Waals surface area contributed by atoms with Crippen molar-refractivity contribution >= 4 is 12.0 Å². The smallest absolute Gasteiger partial charge is 0.407 e. The van der Waals surface area contributed by atoms with Gasteiger partial charge in [-0.1, -0.05) is 36.4 Å². The molecule has 0 radical (unpaired) electrons. The predicted octanol–water partition coefficient (Wildman–Crippen LogP) is 2.62. The third-order valence-electron chi connectivity index (χ3n) is 4.57. The first-order valence-electron chi connectivity index (χ1n) is 9.05. The van der Waals surface area contributed by atoms with Gasteiger partial charge in [0.05, 0.1) is 11.7 Å². The van der Waals surface area contributed by atoms with Gasteiger partial charge in [0.2, 0.25) is 0 Å². The molecule has 7 heteroatoms. The largest absolute Gasteiger partial charge is 0.445 e. The van der Waals surface area contributed by atoms with Crippen molar-refractivity contribution in [3.05, 3.63) is 84.2 Å². The first-order valence-corrected chi connectivity index (χ1v) is 9.05. The third-order valence-corrected chi connectivity index (χ3v) is 4.57. The van der Waals surface area contributed by atoms with E-state index in [1.165, 1.54) is 0 Å². The summed E-state index contributed by atoms with van der Waals surface area (Å²) in [6.07, 6.45) is 3.05. The van der Waals surface area contributed by atoms with Gasteiger partial charge in [0.1, 0.15) is 6.61 Å². The number of nitrogens with zero attached hydrogens (tertiary/aromatic N) is 3. The van der Waals surface area contributed by atoms with Crippen molar-refractivity contribution in [1.29, 1.82) is 0 Å². The van der Waals surface area contributed by atoms with Gasteiger partial charge in [0.15, 0.2) is 0 Å². The van der Waals surface area contributed by atoms with Crippen LogP contribution in [0.5, 0.6) is 0 Å². The molecular weight excluding hydrogens is 356 g/mol. The van der Waals surface area contributed by atoms with E-state index in [1.54, 1.807) is 21.8 Å². The number of hydrogen-bond donors (Lipinski definition) is 1. The normalized spacial score (nSPS) is 13.6. The number of benzene rings is 2. The van der Waals surface area contributed by atoms with Crippen molar-refractivity contribution in [2.75, 3.05) is 13.1 Å². The Kier molecular flexibility index (Phi) is 5.05. The Morgan fingerprint density at radius 1 is 1.07 bits per heavy atom. The average Bonchev–Trinajstić information content (AvgIpc) is 3.24. The minimum Gasteiger partial charge on any atom is -0.445 e. The average molecular weight is 376 g/mol. The van der Waals surface area contributed by atoms with Gasteiger partial charge in [-0.2, -0.15) is 5.10 Å². The van der Waals surface area contributed by atoms with E-state index < -0.39 is 6.09 Å². The van der Waals surface area contributed by atoms with E-state index in [0.717, 1.165) is 11.3 Å². The Morgan fingerprint density at radius 3 is 2.64 bits per heavy atom. The van der Waals surface area contributed by atoms with Gasteiger partial charge in [-0.15, -0.1) is 0 Å². The van der Waals surface area contributed by atoms with Crippen LogP contribution < -0.4 is 5.32 Å². The lowest BCUT2D eigenvalue weighted by Crippen LogP contribution is -2.61. The Balaban J connectivity index is 1.26. The number of nitrogens with one attached hydrogen (secondary N) is 1. The van der Waals surface area contributed by atoms with Crippen LogP contribution in [-0.4, -0.2) is 45.8 Å². The fourth-order valence-electron chi connectivity index (χ4n) is 3.05. The van der Waals surface area contributed by atoms with E-state index in [0.29, 0.717) is 18.7 Å². The predicted molar refractivity (Wildman–Crippen MR) is 103 cm³/mol. The molecule has 1 aliphatic heterocycles. The second-order valence-electron chi connectivity index (χ2n) is 6.61. The number of carbonyl (C=O) groups is 2. The zero-order valence-corrected chi connectivity index (χ0v) is 15.2. The number of aromatic nitrogens is 2. The van der Waals surface area contributed by atoms with E-state index in [-0.39, 0.29) is 18.6 Å². The van der Waals surface area contributed by atoms with Gasteiger partial charge in [-0.25, -0.2) is 9.48 Å². The molecule has 1 aliphatic rings. The van der Waals surface area contributed by atoms with Crippen molar-refractivity contribution < 1.29 is 14.3 Å². The molecule has 1 N–H and O–H groups in total. The van der Waals surface area contributed by atoms with Crippen molar-refractivity contribution in [3.63, 3.8) is 0 Å². The standard InChI is InChI=1S/C21H20N4O3/c26-20(17-8-4-9-19(12-17)25-11-5-10-22-25)24-13-18(14-24)23-21(27)28-15-16-6-2-1-3-7-16/h1-12,18H,13-15H2,(H,23,27). The van der Waals surface area contributed by atoms with Crippen LogP contribution in [0.25, 0.3) is 5.69 Å². The summed E-state index contributed by atoms with van der Waals surface area (Å²) in [5.74, 6) is -0.0651. The molecule has 0 spiro atoms. The maximum Gasteiger partial charge on any atom is 0.407 e. The number of hydrogen-bond acceptors (Lipinski definition) is 4. The Morgan fingerprint density at radius 2 is 1.89 bits per heavy atom. The lowest BCUT2D eigenvalue weighted by Gasteiger charge is -2.39. The summed E-state index contributed by atoms with van der Waals surface area (Å²) >= 11 is 0. The minimum atomic E-state index is -0.471. The van der Waals surface area contributed by atoms with Crippen LogP contribution in [0.1, 0.15) is 15.9 Å². The molecule has 3 aromatic rings. The maximum absolute atomic E-state index is 12.6. The first-order chi connectivity index (χ1) is 13.7. The highest BCUT2D eigenvalue weighted by Crippen LogP contribution is 2.16. The van der Waals surface area contributed by atoms with Gasteiger partial charge >= 0.3 is 6.09 Å². The van der Waals surface area contributed by atoms with E-state index in [2.05, 4.69) is 10.4 Å². The van der Waals surface area contributed by atoms with E-state index in [1.807, 2.05) is 60.8 Å². The second-order valence-corrected chi connectivity index (χ2v) is 6.61. The Labute approximate surface area is 162 Å². The minimum absolute atomic E-state index is 0.0651. The monoisotopic (exact) mass is 376 g/mol. The molecule has 0 saturated carbocycles. The molecule has 0 atom stereocenters. The van der Waals surface area contributed by atoms with E-state index >= 15 is 0 Å². The number of alkyl carbamates (subject to hydrolysis) is 1. The number of ether oxygens (including phenoxy) is 1. The van der Waals surface area contributed by atoms with Crippen LogP contribution in [0.15, 0.2) is 73.1 Å². The van der Waals surface area contributed by atoms with Crippen molar-refractivity contribution in [2.24, 2.45) is 0 Å². The highest BCUT2D eigenvalue weighted by atomic mass is 16.5. The summed E-state index contributed by atoms with van der Waals surface area (Å²) in [4.78, 5) is 26.2. The fraction of sp³-hybridized carbons (Fsp3) is 0.190. The van der Waals surface area contributed by atoms with Gasteiger partial charge in [-0.3, -0.25) is 4.79 Å². The second kappa shape index (κ2) is 7.96. The van der Waals surface area contributed by atoms with Crippen molar-refractivity contribution in [2.45, 2.75) is 12.6 Å². The molecule has 28 heavy (non-hydrogen) atoms. The summed E-state index contributed by atoms with van der Waals surface area (Å²) in [7, 11) is 0. The molecule has 0 bridgehead atoms. The highest BCUT2D eigenvalue weighted by Gasteiger charge is 2.32. The number of likely N-dealkylation sites (tertiary alicyclic amines) is 1. The van der Waals surface area contributed by atoms with Crippen LogP contribution >= 0.6 is 0 Å². The van der Waals surface area contributed by atoms with E-state index in [9.17, 15) is 9.59 Å². The molecule has 0 unspecified atom stereocenters. The van der Waals surface area contributed by atoms with Crippen LogP contribution in [0.4, 0.5) is 4.79 Å². The summed E-state index contributed by atoms with van der Waals surface area (Å²) in [6, 6.07) is 18.6. The molecule has 2 amide bonds. The maximum atomic E-state index is 12.6. The lowest BCUT2D eigenvalue weighted by atomic mass is 10.1. The number of amides is 2. The summed E-state index contributed by atoms with van der Waals surface area (Å²) in [5.41, 5.74) is 2.36. The van der Waals surface area contributed by atoms with Crippen LogP contribution in [-0.2, 0) is 11.3 Å². The molecule has 2 heterocycles. The SMILES string of the molecule is O=C(NC1CN(C(=O)c2cccc(-n3cccn3)c2)C1)OCc1ccccc1. The van der Waals surface area contributed by atoms with Crippen molar-refractivity contribution in [3.8, 4) is 5.69 Å². The van der Waals surface area contributed by atoms with Gasteiger partial charge in [-0.05, 0) is 29.8 Å². The van der Waals surface area contributed by atoms with Crippen LogP contribution in [0.3, 0.4) is 0 Å². The molecule has 1 saturated heterocycles. The zero-order chi connectivity index (χ0) is 19.3. The lowest BCUT2D eigenvalue weighted by molar-refractivity contribution is 0.0545. The Bertz CT molecular complexity index is 951. The first kappa shape index (κ1) is 17.8. The summed E-state index contributed by atoms with van der Waals surface area (Å²) < 4.78 is 6.92. The molecular formula is C21H20N4O3. The molecule has 4 rings (SSSR count). The Hall–Kier alpha value is -3.61. The number of rotatable bonds is 5. The molecule has 1 fully saturated rings. The molecule has 2 aromatic carbocycles. The topological polar surface area (TPSA) is 76.5 Å². The van der Waals surface area contributed by atoms with Gasteiger partial charge in [0, 0.05) is 31.0 Å². The van der Waals surface area contributed by atoms with E-state index in [4.69, 9.17) is 4.74 Å². The molecule has 142 valence electrons.